The van der Waals surface area contributed by atoms with Crippen LogP contribution in [0.25, 0.3) is 0 Å². The number of piperazine rings is 1. The Balaban J connectivity index is 2.38. The number of carbonyl (C=O) groups excluding carboxylic acids is 2. The van der Waals surface area contributed by atoms with E-state index in [0.29, 0.717) is 49.1 Å². The predicted octanol–water partition coefficient (Wildman–Crippen LogP) is 1.50. The highest BCUT2D eigenvalue weighted by Gasteiger charge is 2.37. The highest BCUT2D eigenvalue weighted by molar-refractivity contribution is 5.96. The molecule has 2 rings (SSSR count). The average molecular weight is 461 g/mol. The number of carbonyl (C=O) groups is 2. The van der Waals surface area contributed by atoms with E-state index in [1.807, 2.05) is 14.0 Å². The normalized spacial score (nSPS) is 16.0. The quantitative estimate of drug-likeness (QED) is 0.134. The molecule has 0 aliphatic carbocycles. The van der Waals surface area contributed by atoms with Crippen molar-refractivity contribution in [3.63, 3.8) is 0 Å². The van der Waals surface area contributed by atoms with Gasteiger partial charge in [-0.05, 0) is 13.5 Å². The third-order valence-electron chi connectivity index (χ3n) is 5.35. The van der Waals surface area contributed by atoms with Gasteiger partial charge >= 0.3 is 6.18 Å². The molecule has 2 amide bonds. The van der Waals surface area contributed by atoms with Crippen LogP contribution >= 0.6 is 0 Å². The van der Waals surface area contributed by atoms with Gasteiger partial charge in [-0.15, -0.1) is 0 Å². The summed E-state index contributed by atoms with van der Waals surface area (Å²) in [7, 11) is 1.93. The van der Waals surface area contributed by atoms with Crippen LogP contribution in [-0.4, -0.2) is 77.2 Å². The second-order valence-corrected chi connectivity index (χ2v) is 7.82. The molecule has 2 heterocycles. The number of hydroxylamine groups is 2. The fourth-order valence-electron chi connectivity index (χ4n) is 3.45. The molecular formula is C19H30F3N7O3. The Morgan fingerprint density at radius 3 is 2.53 bits per heavy atom. The van der Waals surface area contributed by atoms with E-state index in [1.54, 1.807) is 4.90 Å². The summed E-state index contributed by atoms with van der Waals surface area (Å²) < 4.78 is 39.8. The topological polar surface area (TPSA) is 119 Å². The summed E-state index contributed by atoms with van der Waals surface area (Å²) in [5.41, 5.74) is 0.213. The van der Waals surface area contributed by atoms with Gasteiger partial charge in [0, 0.05) is 26.2 Å². The van der Waals surface area contributed by atoms with Crippen molar-refractivity contribution in [3.8, 4) is 0 Å². The first-order valence-corrected chi connectivity index (χ1v) is 10.5. The van der Waals surface area contributed by atoms with Crippen LogP contribution in [0, 0.1) is 5.92 Å². The number of likely N-dealkylation sites (N-methyl/N-ethyl adjacent to an activating group) is 1. The molecule has 1 aliphatic heterocycles. The van der Waals surface area contributed by atoms with Crippen LogP contribution in [0.4, 0.5) is 24.7 Å². The number of anilines is 2. The standard InChI is InChI=1S/C19H30F3N7O3/c1-3-4-5-6-14(12-28(32)13-30)17(31)29(23)16-15(27-9-7-26(2)8-10-27)11-24-18(25-16)19(20,21)22/h11,13-14,32H,3-10,12,23H2,1-2H3/t14-/m1/s1. The zero-order valence-corrected chi connectivity index (χ0v) is 18.3. The number of rotatable bonds is 10. The van der Waals surface area contributed by atoms with E-state index in [-0.39, 0.29) is 24.5 Å². The molecule has 1 aromatic heterocycles. The monoisotopic (exact) mass is 461 g/mol. The molecule has 1 fully saturated rings. The van der Waals surface area contributed by atoms with E-state index in [0.717, 1.165) is 19.0 Å². The van der Waals surface area contributed by atoms with Crippen LogP contribution in [0.5, 0.6) is 0 Å². The van der Waals surface area contributed by atoms with Crippen molar-refractivity contribution in [3.05, 3.63) is 12.0 Å². The van der Waals surface area contributed by atoms with E-state index in [1.165, 1.54) is 0 Å². The molecule has 0 spiro atoms. The first-order valence-electron chi connectivity index (χ1n) is 10.5. The largest absolute Gasteiger partial charge is 0.451 e. The van der Waals surface area contributed by atoms with Crippen molar-refractivity contribution >= 4 is 23.8 Å². The molecule has 10 nitrogen and oxygen atoms in total. The summed E-state index contributed by atoms with van der Waals surface area (Å²) in [6.45, 7) is 3.96. The lowest BCUT2D eigenvalue weighted by Crippen LogP contribution is -2.48. The molecular weight excluding hydrogens is 431 g/mol. The van der Waals surface area contributed by atoms with Gasteiger partial charge < -0.3 is 9.80 Å². The van der Waals surface area contributed by atoms with Gasteiger partial charge in [0.05, 0.1) is 18.7 Å². The highest BCUT2D eigenvalue weighted by atomic mass is 19.4. The summed E-state index contributed by atoms with van der Waals surface area (Å²) in [6, 6.07) is 0. The van der Waals surface area contributed by atoms with E-state index in [9.17, 15) is 28.0 Å². The number of nitrogens with two attached hydrogens (primary N) is 1. The fraction of sp³-hybridized carbons (Fsp3) is 0.684. The Kier molecular flexibility index (Phi) is 9.16. The fourth-order valence-corrected chi connectivity index (χ4v) is 3.45. The van der Waals surface area contributed by atoms with Crippen LogP contribution in [0.3, 0.4) is 0 Å². The lowest BCUT2D eigenvalue weighted by molar-refractivity contribution is -0.154. The zero-order valence-electron chi connectivity index (χ0n) is 18.3. The molecule has 1 atom stereocenters. The zero-order chi connectivity index (χ0) is 23.9. The van der Waals surface area contributed by atoms with Crippen LogP contribution in [0.2, 0.25) is 0 Å². The lowest BCUT2D eigenvalue weighted by Gasteiger charge is -2.35. The SMILES string of the molecule is CCCCC[C@H](CN(O)C=O)C(=O)N(N)c1nc(C(F)(F)F)ncc1N1CCN(C)CC1. The number of hydrogen-bond acceptors (Lipinski definition) is 8. The number of hydrogen-bond donors (Lipinski definition) is 2. The number of aromatic nitrogens is 2. The average Bonchev–Trinajstić information content (AvgIpc) is 2.77. The molecule has 13 heteroatoms. The van der Waals surface area contributed by atoms with Crippen molar-refractivity contribution < 1.29 is 28.0 Å². The van der Waals surface area contributed by atoms with Crippen molar-refractivity contribution in [2.24, 2.45) is 11.8 Å². The predicted molar refractivity (Wildman–Crippen MR) is 111 cm³/mol. The number of hydrazine groups is 1. The number of nitrogens with zero attached hydrogens (tertiary/aromatic N) is 6. The first-order chi connectivity index (χ1) is 15.1. The van der Waals surface area contributed by atoms with Crippen LogP contribution < -0.4 is 15.8 Å². The Bertz CT molecular complexity index is 773. The molecule has 32 heavy (non-hydrogen) atoms. The van der Waals surface area contributed by atoms with Crippen LogP contribution in [0.15, 0.2) is 6.20 Å². The third-order valence-corrected chi connectivity index (χ3v) is 5.35. The second kappa shape index (κ2) is 11.4. The van der Waals surface area contributed by atoms with E-state index in [2.05, 4.69) is 14.9 Å². The summed E-state index contributed by atoms with van der Waals surface area (Å²) in [4.78, 5) is 34.8. The van der Waals surface area contributed by atoms with Gasteiger partial charge in [0.25, 0.3) is 0 Å². The van der Waals surface area contributed by atoms with Crippen molar-refractivity contribution in [1.82, 2.24) is 19.9 Å². The Morgan fingerprint density at radius 2 is 1.97 bits per heavy atom. The van der Waals surface area contributed by atoms with Crippen LogP contribution in [-0.2, 0) is 15.8 Å². The van der Waals surface area contributed by atoms with Gasteiger partial charge in [0.1, 0.15) is 5.69 Å². The number of amides is 2. The number of alkyl halides is 3. The first kappa shape index (κ1) is 25.7. The van der Waals surface area contributed by atoms with E-state index >= 15 is 0 Å². The molecule has 1 aromatic rings. The van der Waals surface area contributed by atoms with Crippen molar-refractivity contribution in [2.75, 3.05) is 49.7 Å². The molecule has 3 N–H and O–H groups in total. The highest BCUT2D eigenvalue weighted by Crippen LogP contribution is 2.33. The van der Waals surface area contributed by atoms with Gasteiger partial charge in [-0.1, -0.05) is 26.2 Å². The Labute approximate surface area is 184 Å². The molecule has 0 aromatic carbocycles. The molecule has 0 radical (unpaired) electrons. The molecule has 0 unspecified atom stereocenters. The lowest BCUT2D eigenvalue weighted by atomic mass is 10.00. The third kappa shape index (κ3) is 6.74. The maximum atomic E-state index is 13.3. The van der Waals surface area contributed by atoms with Gasteiger partial charge in [-0.2, -0.15) is 13.2 Å². The van der Waals surface area contributed by atoms with E-state index in [4.69, 9.17) is 5.84 Å². The molecule has 0 bridgehead atoms. The summed E-state index contributed by atoms with van der Waals surface area (Å²) in [5.74, 6) is 2.58. The minimum absolute atomic E-state index is 0.156. The summed E-state index contributed by atoms with van der Waals surface area (Å²) >= 11 is 0. The van der Waals surface area contributed by atoms with Crippen LogP contribution in [0.1, 0.15) is 38.4 Å². The Hall–Kier alpha value is -2.51. The molecule has 1 aliphatic rings. The minimum atomic E-state index is -4.82. The molecule has 0 saturated carbocycles. The van der Waals surface area contributed by atoms with Gasteiger partial charge in [0.15, 0.2) is 5.82 Å². The second-order valence-electron chi connectivity index (χ2n) is 7.82. The van der Waals surface area contributed by atoms with Gasteiger partial charge in [-0.3, -0.25) is 14.8 Å². The van der Waals surface area contributed by atoms with E-state index < -0.39 is 23.8 Å². The molecule has 1 saturated heterocycles. The summed E-state index contributed by atoms with van der Waals surface area (Å²) in [6.07, 6.45) is -1.04. The molecule has 180 valence electrons. The van der Waals surface area contributed by atoms with Gasteiger partial charge in [0.2, 0.25) is 18.1 Å². The number of unbranched alkanes of at least 4 members (excludes halogenated alkanes) is 2. The minimum Gasteiger partial charge on any atom is -0.365 e. The Morgan fingerprint density at radius 1 is 1.31 bits per heavy atom. The number of halogens is 3. The van der Waals surface area contributed by atoms with Crippen molar-refractivity contribution in [2.45, 2.75) is 38.8 Å². The summed E-state index contributed by atoms with van der Waals surface area (Å²) in [5, 5.41) is 10.5. The van der Waals surface area contributed by atoms with Gasteiger partial charge in [-0.25, -0.2) is 25.9 Å². The van der Waals surface area contributed by atoms with Crippen molar-refractivity contribution in [1.29, 1.82) is 0 Å². The maximum Gasteiger partial charge on any atom is 0.451 e. The smallest absolute Gasteiger partial charge is 0.365 e. The maximum absolute atomic E-state index is 13.3.